The number of nitrogens with one attached hydrogen (secondary N) is 4. The lowest BCUT2D eigenvalue weighted by molar-refractivity contribution is -0.147. The van der Waals surface area contributed by atoms with Crippen molar-refractivity contribution in [1.29, 1.82) is 0 Å². The molecule has 2 aromatic heterocycles. The molecule has 4 aromatic rings. The minimum Gasteiger partial charge on any atom is -0.456 e. The Morgan fingerprint density at radius 3 is 2.71 bits per heavy atom. The molecule has 0 aliphatic heterocycles. The van der Waals surface area contributed by atoms with Crippen molar-refractivity contribution in [3.8, 4) is 0 Å². The van der Waals surface area contributed by atoms with Crippen molar-refractivity contribution in [2.75, 3.05) is 11.9 Å². The number of rotatable bonds is 6. The average molecular weight is 378 g/mol. The predicted molar refractivity (Wildman–Crippen MR) is 105 cm³/mol. The summed E-state index contributed by atoms with van der Waals surface area (Å²) in [5, 5.41) is 3.71. The third-order valence-corrected chi connectivity index (χ3v) is 4.44. The molecule has 4 N–H and O–H groups in total. The highest BCUT2D eigenvalue weighted by molar-refractivity contribution is 5.94. The van der Waals surface area contributed by atoms with E-state index in [0.717, 1.165) is 16.5 Å². The standard InChI is InChI=1S/C20H18N4O4/c25-18(22-13-6-7-16-17(9-13)24-20(27)23-16)11-28-19(26)8-5-12-10-21-15-4-2-1-3-14(12)15/h1-4,6-7,9-10,21H,5,8,11H2,(H,22,25)(H2,23,24,27). The van der Waals surface area contributed by atoms with Crippen molar-refractivity contribution in [2.24, 2.45) is 0 Å². The topological polar surface area (TPSA) is 120 Å². The summed E-state index contributed by atoms with van der Waals surface area (Å²) in [7, 11) is 0. The van der Waals surface area contributed by atoms with E-state index in [-0.39, 0.29) is 18.7 Å². The lowest BCUT2D eigenvalue weighted by atomic mass is 10.1. The van der Waals surface area contributed by atoms with Gasteiger partial charge in [-0.3, -0.25) is 9.59 Å². The molecule has 0 radical (unpaired) electrons. The summed E-state index contributed by atoms with van der Waals surface area (Å²) in [6, 6.07) is 12.8. The minimum atomic E-state index is -0.447. The van der Waals surface area contributed by atoms with Crippen LogP contribution < -0.4 is 11.0 Å². The molecule has 28 heavy (non-hydrogen) atoms. The van der Waals surface area contributed by atoms with Gasteiger partial charge in [-0.25, -0.2) is 4.79 Å². The molecule has 2 aromatic carbocycles. The molecule has 0 aliphatic carbocycles. The first-order chi connectivity index (χ1) is 13.6. The molecule has 2 heterocycles. The summed E-state index contributed by atoms with van der Waals surface area (Å²) in [4.78, 5) is 43.6. The van der Waals surface area contributed by atoms with E-state index in [1.807, 2.05) is 30.5 Å². The monoisotopic (exact) mass is 378 g/mol. The van der Waals surface area contributed by atoms with E-state index in [1.54, 1.807) is 18.2 Å². The van der Waals surface area contributed by atoms with Gasteiger partial charge in [0, 0.05) is 29.2 Å². The smallest absolute Gasteiger partial charge is 0.323 e. The van der Waals surface area contributed by atoms with Crippen LogP contribution in [-0.4, -0.2) is 33.4 Å². The first kappa shape index (κ1) is 17.6. The van der Waals surface area contributed by atoms with E-state index in [0.29, 0.717) is 23.1 Å². The van der Waals surface area contributed by atoms with Crippen LogP contribution in [0.1, 0.15) is 12.0 Å². The summed E-state index contributed by atoms with van der Waals surface area (Å²) in [6.07, 6.45) is 2.60. The van der Waals surface area contributed by atoms with Gasteiger partial charge in [0.15, 0.2) is 6.61 Å². The SMILES string of the molecule is O=C(COC(=O)CCc1c[nH]c2ccccc12)Nc1ccc2[nH]c(=O)[nH]c2c1. The fourth-order valence-corrected chi connectivity index (χ4v) is 3.10. The third kappa shape index (κ3) is 3.80. The second kappa shape index (κ2) is 7.43. The zero-order chi connectivity index (χ0) is 19.5. The number of para-hydroxylation sites is 1. The quantitative estimate of drug-likeness (QED) is 0.385. The van der Waals surface area contributed by atoms with Gasteiger partial charge in [-0.2, -0.15) is 0 Å². The Bertz CT molecular complexity index is 1220. The second-order valence-corrected chi connectivity index (χ2v) is 6.41. The Morgan fingerprint density at radius 2 is 1.82 bits per heavy atom. The fraction of sp³-hybridized carbons (Fsp3) is 0.150. The van der Waals surface area contributed by atoms with Crippen molar-refractivity contribution in [3.05, 3.63) is 64.7 Å². The number of H-pyrrole nitrogens is 3. The molecule has 1 amide bonds. The number of aromatic nitrogens is 3. The van der Waals surface area contributed by atoms with E-state index in [1.165, 1.54) is 0 Å². The summed E-state index contributed by atoms with van der Waals surface area (Å²) < 4.78 is 5.05. The number of anilines is 1. The summed E-state index contributed by atoms with van der Waals surface area (Å²) in [6.45, 7) is -0.367. The van der Waals surface area contributed by atoms with Gasteiger partial charge in [-0.15, -0.1) is 0 Å². The van der Waals surface area contributed by atoms with Crippen LogP contribution >= 0.6 is 0 Å². The molecule has 8 nitrogen and oxygen atoms in total. The summed E-state index contributed by atoms with van der Waals surface area (Å²) in [5.41, 5.74) is 3.47. The van der Waals surface area contributed by atoms with Crippen molar-refractivity contribution in [2.45, 2.75) is 12.8 Å². The Hall–Kier alpha value is -3.81. The van der Waals surface area contributed by atoms with E-state index in [2.05, 4.69) is 20.3 Å². The van der Waals surface area contributed by atoms with Crippen molar-refractivity contribution in [1.82, 2.24) is 15.0 Å². The van der Waals surface area contributed by atoms with Crippen LogP contribution in [0.4, 0.5) is 5.69 Å². The molecule has 0 atom stereocenters. The molecular formula is C20H18N4O4. The number of aromatic amines is 3. The van der Waals surface area contributed by atoms with Crippen molar-refractivity contribution < 1.29 is 14.3 Å². The summed E-state index contributed by atoms with van der Waals surface area (Å²) >= 11 is 0. The molecule has 8 heteroatoms. The zero-order valence-corrected chi connectivity index (χ0v) is 14.9. The van der Waals surface area contributed by atoms with Gasteiger partial charge in [0.05, 0.1) is 11.0 Å². The molecule has 0 saturated heterocycles. The van der Waals surface area contributed by atoms with E-state index in [4.69, 9.17) is 4.74 Å². The molecule has 0 saturated carbocycles. The lowest BCUT2D eigenvalue weighted by Crippen LogP contribution is -2.21. The summed E-state index contributed by atoms with van der Waals surface area (Å²) in [5.74, 6) is -0.886. The number of hydrogen-bond donors (Lipinski definition) is 4. The number of hydrogen-bond acceptors (Lipinski definition) is 4. The van der Waals surface area contributed by atoms with Crippen molar-refractivity contribution >= 4 is 39.5 Å². The van der Waals surface area contributed by atoms with Gasteiger partial charge in [0.25, 0.3) is 5.91 Å². The van der Waals surface area contributed by atoms with Gasteiger partial charge in [-0.1, -0.05) is 18.2 Å². The number of ether oxygens (including phenoxy) is 1. The number of esters is 1. The molecule has 0 bridgehead atoms. The maximum absolute atomic E-state index is 12.0. The Balaban J connectivity index is 1.27. The number of amides is 1. The number of imidazole rings is 1. The van der Waals surface area contributed by atoms with Gasteiger partial charge < -0.3 is 25.0 Å². The molecule has 4 rings (SSSR count). The Labute approximate surface area is 158 Å². The average Bonchev–Trinajstić information content (AvgIpc) is 3.26. The number of carbonyl (C=O) groups excluding carboxylic acids is 2. The largest absolute Gasteiger partial charge is 0.456 e. The minimum absolute atomic E-state index is 0.186. The van der Waals surface area contributed by atoms with Gasteiger partial charge in [0.2, 0.25) is 0 Å². The van der Waals surface area contributed by atoms with Crippen LogP contribution in [0.25, 0.3) is 21.9 Å². The second-order valence-electron chi connectivity index (χ2n) is 6.41. The Morgan fingerprint density at radius 1 is 1.00 bits per heavy atom. The zero-order valence-electron chi connectivity index (χ0n) is 14.9. The van der Waals surface area contributed by atoms with Crippen LogP contribution in [0.3, 0.4) is 0 Å². The number of fused-ring (bicyclic) bond motifs is 2. The van der Waals surface area contributed by atoms with Crippen LogP contribution in [0.2, 0.25) is 0 Å². The first-order valence-electron chi connectivity index (χ1n) is 8.81. The van der Waals surface area contributed by atoms with Gasteiger partial charge in [0.1, 0.15) is 0 Å². The van der Waals surface area contributed by atoms with Crippen LogP contribution in [0, 0.1) is 0 Å². The van der Waals surface area contributed by atoms with Gasteiger partial charge in [-0.05, 0) is 36.2 Å². The molecule has 0 aliphatic rings. The third-order valence-electron chi connectivity index (χ3n) is 4.44. The maximum Gasteiger partial charge on any atom is 0.323 e. The van der Waals surface area contributed by atoms with Crippen LogP contribution in [0.15, 0.2) is 53.5 Å². The maximum atomic E-state index is 12.0. The Kier molecular flexibility index (Phi) is 4.67. The van der Waals surface area contributed by atoms with E-state index < -0.39 is 11.9 Å². The molecule has 0 spiro atoms. The van der Waals surface area contributed by atoms with Crippen LogP contribution in [0.5, 0.6) is 0 Å². The van der Waals surface area contributed by atoms with E-state index in [9.17, 15) is 14.4 Å². The number of benzene rings is 2. The highest BCUT2D eigenvalue weighted by Crippen LogP contribution is 2.19. The van der Waals surface area contributed by atoms with E-state index >= 15 is 0 Å². The highest BCUT2D eigenvalue weighted by atomic mass is 16.5. The molecule has 0 unspecified atom stereocenters. The van der Waals surface area contributed by atoms with Crippen molar-refractivity contribution in [3.63, 3.8) is 0 Å². The normalized spacial score (nSPS) is 11.0. The predicted octanol–water partition coefficient (Wildman–Crippen LogP) is 2.45. The molecule has 142 valence electrons. The molecule has 0 fully saturated rings. The number of carbonyl (C=O) groups is 2. The highest BCUT2D eigenvalue weighted by Gasteiger charge is 2.11. The van der Waals surface area contributed by atoms with Crippen LogP contribution in [-0.2, 0) is 20.7 Å². The first-order valence-corrected chi connectivity index (χ1v) is 8.81. The van der Waals surface area contributed by atoms with Gasteiger partial charge >= 0.3 is 11.7 Å². The number of aryl methyl sites for hydroxylation is 1. The lowest BCUT2D eigenvalue weighted by Gasteiger charge is -2.07. The molecular weight excluding hydrogens is 360 g/mol. The fourth-order valence-electron chi connectivity index (χ4n) is 3.10.